The molecule has 170 valence electrons. The van der Waals surface area contributed by atoms with Gasteiger partial charge in [0, 0.05) is 48.2 Å². The second-order valence-corrected chi connectivity index (χ2v) is 8.81. The minimum Gasteiger partial charge on any atom is -0.358 e. The van der Waals surface area contributed by atoms with E-state index in [1.807, 2.05) is 4.90 Å². The van der Waals surface area contributed by atoms with Crippen molar-refractivity contribution in [3.63, 3.8) is 0 Å². The molecule has 7 heteroatoms. The molecule has 2 aliphatic heterocycles. The highest BCUT2D eigenvalue weighted by molar-refractivity contribution is 6.21. The molecule has 0 unspecified atom stereocenters. The Morgan fingerprint density at radius 3 is 2.52 bits per heavy atom. The summed E-state index contributed by atoms with van der Waals surface area (Å²) in [6.07, 6.45) is 4.27. The van der Waals surface area contributed by atoms with Gasteiger partial charge in [-0.3, -0.25) is 19.3 Å². The van der Waals surface area contributed by atoms with Crippen LogP contribution in [0.2, 0.25) is 0 Å². The molecule has 3 heterocycles. The summed E-state index contributed by atoms with van der Waals surface area (Å²) in [6.45, 7) is 1.55. The molecular weight excluding hydrogens is 421 g/mol. The fourth-order valence-electron chi connectivity index (χ4n) is 4.92. The van der Waals surface area contributed by atoms with Crippen LogP contribution in [0.5, 0.6) is 0 Å². The molecule has 0 saturated carbocycles. The Balaban J connectivity index is 1.13. The highest BCUT2D eigenvalue weighted by Crippen LogP contribution is 2.28. The molecule has 0 saturated heterocycles. The van der Waals surface area contributed by atoms with Crippen LogP contribution in [0.4, 0.5) is 4.39 Å². The van der Waals surface area contributed by atoms with Crippen molar-refractivity contribution in [1.82, 2.24) is 14.8 Å². The van der Waals surface area contributed by atoms with Gasteiger partial charge in [0.15, 0.2) is 0 Å². The molecule has 5 rings (SSSR count). The van der Waals surface area contributed by atoms with E-state index in [4.69, 9.17) is 0 Å². The monoisotopic (exact) mass is 447 g/mol. The Morgan fingerprint density at radius 1 is 1.00 bits per heavy atom. The topological polar surface area (TPSA) is 73.5 Å². The number of rotatable bonds is 6. The molecule has 0 atom stereocenters. The average Bonchev–Trinajstić information content (AvgIpc) is 3.16. The van der Waals surface area contributed by atoms with Gasteiger partial charge in [-0.1, -0.05) is 18.6 Å². The van der Waals surface area contributed by atoms with E-state index in [2.05, 4.69) is 4.98 Å². The number of amides is 3. The van der Waals surface area contributed by atoms with Crippen molar-refractivity contribution >= 4 is 28.6 Å². The number of nitrogens with zero attached hydrogens (tertiary/aromatic N) is 2. The van der Waals surface area contributed by atoms with Crippen LogP contribution in [0.25, 0.3) is 10.9 Å². The number of unbranched alkanes of at least 4 members (excludes halogenated alkanes) is 2. The van der Waals surface area contributed by atoms with Gasteiger partial charge in [0.25, 0.3) is 11.8 Å². The Bertz CT molecular complexity index is 1210. The van der Waals surface area contributed by atoms with Gasteiger partial charge in [0.1, 0.15) is 5.82 Å². The minimum absolute atomic E-state index is 0.0920. The van der Waals surface area contributed by atoms with E-state index in [1.54, 1.807) is 30.3 Å². The van der Waals surface area contributed by atoms with E-state index >= 15 is 0 Å². The third-order valence-electron chi connectivity index (χ3n) is 6.66. The lowest BCUT2D eigenvalue weighted by Crippen LogP contribution is -2.31. The van der Waals surface area contributed by atoms with Crippen molar-refractivity contribution in [2.24, 2.45) is 0 Å². The van der Waals surface area contributed by atoms with Crippen molar-refractivity contribution in [3.8, 4) is 0 Å². The predicted molar refractivity (Wildman–Crippen MR) is 122 cm³/mol. The first-order valence-corrected chi connectivity index (χ1v) is 11.5. The quantitative estimate of drug-likeness (QED) is 0.449. The van der Waals surface area contributed by atoms with Gasteiger partial charge >= 0.3 is 0 Å². The molecule has 3 amide bonds. The Kier molecular flexibility index (Phi) is 5.70. The molecule has 0 fully saturated rings. The maximum Gasteiger partial charge on any atom is 0.261 e. The van der Waals surface area contributed by atoms with Crippen molar-refractivity contribution < 1.29 is 18.8 Å². The highest BCUT2D eigenvalue weighted by atomic mass is 19.1. The lowest BCUT2D eigenvalue weighted by atomic mass is 10.1. The molecular formula is C26H26FN3O3. The summed E-state index contributed by atoms with van der Waals surface area (Å²) in [6, 6.07) is 11.6. The fourth-order valence-corrected chi connectivity index (χ4v) is 4.92. The Hall–Kier alpha value is -3.48. The number of aromatic nitrogens is 1. The Morgan fingerprint density at radius 2 is 1.76 bits per heavy atom. The molecule has 3 aromatic rings. The molecule has 2 aromatic carbocycles. The van der Waals surface area contributed by atoms with Gasteiger partial charge in [-0.25, -0.2) is 4.39 Å². The largest absolute Gasteiger partial charge is 0.358 e. The number of carbonyl (C=O) groups excluding carboxylic acids is 3. The molecule has 1 N–H and O–H groups in total. The molecule has 0 radical (unpaired) electrons. The summed E-state index contributed by atoms with van der Waals surface area (Å²) in [5.74, 6) is -0.650. The molecule has 33 heavy (non-hydrogen) atoms. The summed E-state index contributed by atoms with van der Waals surface area (Å²) in [5.41, 5.74) is 3.95. The van der Waals surface area contributed by atoms with Gasteiger partial charge < -0.3 is 9.88 Å². The zero-order chi connectivity index (χ0) is 22.9. The van der Waals surface area contributed by atoms with E-state index in [-0.39, 0.29) is 23.5 Å². The number of hydrogen-bond donors (Lipinski definition) is 1. The van der Waals surface area contributed by atoms with Crippen LogP contribution >= 0.6 is 0 Å². The number of aromatic amines is 1. The smallest absolute Gasteiger partial charge is 0.261 e. The van der Waals surface area contributed by atoms with Crippen molar-refractivity contribution in [2.75, 3.05) is 13.1 Å². The first kappa shape index (κ1) is 21.4. The first-order chi connectivity index (χ1) is 16.0. The average molecular weight is 448 g/mol. The van der Waals surface area contributed by atoms with Crippen molar-refractivity contribution in [3.05, 3.63) is 70.7 Å². The number of nitrogens with one attached hydrogen (secondary N) is 1. The number of carbonyl (C=O) groups is 3. The molecule has 0 bridgehead atoms. The summed E-state index contributed by atoms with van der Waals surface area (Å²) < 4.78 is 13.8. The zero-order valence-corrected chi connectivity index (χ0v) is 18.4. The maximum absolute atomic E-state index is 13.8. The number of hydrogen-bond acceptors (Lipinski definition) is 3. The molecule has 0 spiro atoms. The zero-order valence-electron chi connectivity index (χ0n) is 18.4. The molecule has 1 aromatic heterocycles. The SMILES string of the molecule is O=C(CCCCCN1C(=O)c2ccccc2C1=O)N1CCCc2[nH]c3ccc(F)cc3c2C1. The minimum atomic E-state index is -0.274. The standard InChI is InChI=1S/C26H26FN3O3/c27-17-11-12-23-20(15-17)21-16-29(13-6-9-22(21)28-23)24(31)10-2-1-5-14-30-25(32)18-7-3-4-8-19(18)26(30)33/h3-4,7-8,11-12,15,28H,1-2,5-6,9-10,13-14,16H2. The number of halogens is 1. The van der Waals surface area contributed by atoms with Gasteiger partial charge in [0.2, 0.25) is 5.91 Å². The Labute approximate surface area is 191 Å². The van der Waals surface area contributed by atoms with Gasteiger partial charge in [-0.05, 0) is 56.0 Å². The van der Waals surface area contributed by atoms with Crippen molar-refractivity contribution in [2.45, 2.75) is 45.1 Å². The number of H-pyrrole nitrogens is 1. The van der Waals surface area contributed by atoms with Crippen molar-refractivity contribution in [1.29, 1.82) is 0 Å². The summed E-state index contributed by atoms with van der Waals surface area (Å²) in [7, 11) is 0. The number of imide groups is 1. The van der Waals surface area contributed by atoms with Gasteiger partial charge in [-0.15, -0.1) is 0 Å². The van der Waals surface area contributed by atoms with Crippen LogP contribution in [0.3, 0.4) is 0 Å². The summed E-state index contributed by atoms with van der Waals surface area (Å²) in [4.78, 5) is 44.3. The third kappa shape index (κ3) is 4.03. The second kappa shape index (κ2) is 8.81. The summed E-state index contributed by atoms with van der Waals surface area (Å²) in [5, 5.41) is 0.852. The fraction of sp³-hybridized carbons (Fsp3) is 0.346. The van der Waals surface area contributed by atoms with Gasteiger partial charge in [0.05, 0.1) is 11.1 Å². The number of aryl methyl sites for hydroxylation is 1. The van der Waals surface area contributed by atoms with Crippen LogP contribution in [-0.4, -0.2) is 45.6 Å². The maximum atomic E-state index is 13.8. The van der Waals surface area contributed by atoms with Crippen LogP contribution < -0.4 is 0 Å². The molecule has 6 nitrogen and oxygen atoms in total. The van der Waals surface area contributed by atoms with Gasteiger partial charge in [-0.2, -0.15) is 0 Å². The summed E-state index contributed by atoms with van der Waals surface area (Å²) >= 11 is 0. The normalized spacial score (nSPS) is 15.7. The second-order valence-electron chi connectivity index (χ2n) is 8.81. The lowest BCUT2D eigenvalue weighted by Gasteiger charge is -2.21. The lowest BCUT2D eigenvalue weighted by molar-refractivity contribution is -0.131. The van der Waals surface area contributed by atoms with E-state index < -0.39 is 0 Å². The van der Waals surface area contributed by atoms with E-state index in [1.165, 1.54) is 17.0 Å². The third-order valence-corrected chi connectivity index (χ3v) is 6.66. The highest BCUT2D eigenvalue weighted by Gasteiger charge is 2.34. The van der Waals surface area contributed by atoms with E-state index in [0.29, 0.717) is 50.0 Å². The first-order valence-electron chi connectivity index (χ1n) is 11.5. The predicted octanol–water partition coefficient (Wildman–Crippen LogP) is 4.44. The van der Waals surface area contributed by atoms with Crippen LogP contribution in [0.15, 0.2) is 42.5 Å². The van der Waals surface area contributed by atoms with E-state index in [9.17, 15) is 18.8 Å². The van der Waals surface area contributed by atoms with E-state index in [0.717, 1.165) is 41.4 Å². The van der Waals surface area contributed by atoms with Crippen LogP contribution in [0.1, 0.15) is 64.1 Å². The molecule has 2 aliphatic rings. The molecule has 0 aliphatic carbocycles. The van der Waals surface area contributed by atoms with Crippen LogP contribution in [-0.2, 0) is 17.8 Å². The number of fused-ring (bicyclic) bond motifs is 4. The number of benzene rings is 2. The van der Waals surface area contributed by atoms with Crippen LogP contribution in [0, 0.1) is 5.82 Å².